The Balaban J connectivity index is 6.96. The van der Waals surface area contributed by atoms with Gasteiger partial charge in [0.05, 0.1) is 33.0 Å². The zero-order valence-corrected chi connectivity index (χ0v) is 33.7. The smallest absolute Gasteiger partial charge is 0.447 e. The number of rotatable bonds is 33. The zero-order chi connectivity index (χ0) is 35.5. The van der Waals surface area contributed by atoms with E-state index in [0.717, 1.165) is 0 Å². The lowest BCUT2D eigenvalue weighted by atomic mass is 10.5. The van der Waals surface area contributed by atoms with E-state index in [2.05, 4.69) is 5.32 Å². The van der Waals surface area contributed by atoms with Crippen LogP contribution in [-0.2, 0) is 58.8 Å². The van der Waals surface area contributed by atoms with Crippen molar-refractivity contribution in [3.63, 3.8) is 0 Å². The normalized spacial score (nSPS) is 12.9. The average molecular weight is 736 g/mol. The lowest BCUT2D eigenvalue weighted by Gasteiger charge is -2.55. The Hall–Kier alpha value is -0.559. The summed E-state index contributed by atoms with van der Waals surface area (Å²) in [6.07, 6.45) is -0.537. The van der Waals surface area contributed by atoms with Crippen LogP contribution in [0.15, 0.2) is 0 Å². The fourth-order valence-corrected chi connectivity index (χ4v) is 21.4. The predicted molar refractivity (Wildman–Crippen MR) is 182 cm³/mol. The lowest BCUT2D eigenvalue weighted by Crippen LogP contribution is -2.82. The van der Waals surface area contributed by atoms with E-state index in [-0.39, 0.29) is 85.6 Å². The number of hydrogen-bond acceptors (Lipinski definition) is 14. The van der Waals surface area contributed by atoms with E-state index in [4.69, 9.17) is 58.8 Å². The van der Waals surface area contributed by atoms with Gasteiger partial charge in [-0.3, -0.25) is 0 Å². The topological polar surface area (TPSA) is 149 Å². The van der Waals surface area contributed by atoms with Crippen LogP contribution in [0, 0.1) is 0 Å². The zero-order valence-electron chi connectivity index (χ0n) is 30.7. The molecule has 0 spiro atoms. The monoisotopic (exact) mass is 735 g/mol. The molecule has 0 saturated carbocycles. The van der Waals surface area contributed by atoms with Gasteiger partial charge in [-0.1, -0.05) is 0 Å². The Labute approximate surface area is 286 Å². The van der Waals surface area contributed by atoms with E-state index < -0.39 is 36.8 Å². The summed E-state index contributed by atoms with van der Waals surface area (Å²) < 4.78 is 79.7. The maximum Gasteiger partial charge on any atom is 0.516 e. The van der Waals surface area contributed by atoms with Gasteiger partial charge in [-0.25, -0.2) is 4.79 Å². The third-order valence-electron chi connectivity index (χ3n) is 6.61. The van der Waals surface area contributed by atoms with Crippen molar-refractivity contribution in [2.45, 2.75) is 73.0 Å². The molecule has 0 aromatic rings. The fraction of sp³-hybridized carbons (Fsp3) is 0.966. The molecule has 0 heterocycles. The number of hydrogen-bond donors (Lipinski definition) is 1. The second-order valence-corrected chi connectivity index (χ2v) is 19.5. The lowest BCUT2D eigenvalue weighted by molar-refractivity contribution is -0.0126. The molecule has 0 fully saturated rings. The second kappa shape index (κ2) is 27.2. The van der Waals surface area contributed by atoms with E-state index in [0.29, 0.717) is 26.4 Å². The molecule has 0 aliphatic carbocycles. The molecule has 15 nitrogen and oxygen atoms in total. The minimum Gasteiger partial charge on any atom is -0.447 e. The number of nitrogens with one attached hydrogen (secondary N) is 1. The highest BCUT2D eigenvalue weighted by Crippen LogP contribution is 2.59. The van der Waals surface area contributed by atoms with Crippen LogP contribution >= 0.6 is 0 Å². The quantitative estimate of drug-likeness (QED) is 0.0770. The molecule has 0 aromatic heterocycles. The highest BCUT2D eigenvalue weighted by Gasteiger charge is 2.89. The molecular formula is C29H65NO14Si3. The van der Waals surface area contributed by atoms with Gasteiger partial charge < -0.3 is 64.1 Å². The number of amides is 1. The Kier molecular flexibility index (Phi) is 26.9. The van der Waals surface area contributed by atoms with Crippen LogP contribution < -0.4 is 5.32 Å². The molecule has 0 radical (unpaired) electrons. The van der Waals surface area contributed by atoms with Crippen LogP contribution in [0.2, 0.25) is 4.28 Å². The highest BCUT2D eigenvalue weighted by atomic mass is 28.5. The van der Waals surface area contributed by atoms with Gasteiger partial charge in [0.2, 0.25) is 0 Å². The average Bonchev–Trinajstić information content (AvgIpc) is 3.03. The van der Waals surface area contributed by atoms with E-state index >= 15 is 0 Å². The van der Waals surface area contributed by atoms with Crippen LogP contribution in [0.4, 0.5) is 4.79 Å². The van der Waals surface area contributed by atoms with Gasteiger partial charge in [0.25, 0.3) is 0 Å². The number of methoxy groups -OCH3 is 1. The molecule has 47 heavy (non-hydrogen) atoms. The molecule has 1 N–H and O–H groups in total. The summed E-state index contributed by atoms with van der Waals surface area (Å²) in [6, 6.07) is 0. The van der Waals surface area contributed by atoms with Crippen molar-refractivity contribution in [1.82, 2.24) is 5.32 Å². The van der Waals surface area contributed by atoms with Crippen LogP contribution in [0.3, 0.4) is 0 Å². The van der Waals surface area contributed by atoms with Crippen molar-refractivity contribution >= 4 is 32.5 Å². The van der Waals surface area contributed by atoms with Gasteiger partial charge in [-0.15, -0.1) is 0 Å². The van der Waals surface area contributed by atoms with E-state index in [9.17, 15) is 4.79 Å². The third-order valence-corrected chi connectivity index (χ3v) is 22.0. The molecule has 0 aliphatic heterocycles. The van der Waals surface area contributed by atoms with Gasteiger partial charge in [0.1, 0.15) is 6.61 Å². The number of ether oxygens (including phenoxy) is 4. The van der Waals surface area contributed by atoms with Crippen molar-refractivity contribution in [2.75, 3.05) is 113 Å². The van der Waals surface area contributed by atoms with Crippen molar-refractivity contribution in [2.24, 2.45) is 0 Å². The first-order valence-electron chi connectivity index (χ1n) is 17.1. The van der Waals surface area contributed by atoms with Crippen molar-refractivity contribution in [1.29, 1.82) is 0 Å². The van der Waals surface area contributed by atoms with Crippen LogP contribution in [0.5, 0.6) is 0 Å². The first-order chi connectivity index (χ1) is 22.8. The summed E-state index contributed by atoms with van der Waals surface area (Å²) in [5.74, 6) is 0. The van der Waals surface area contributed by atoms with E-state index in [1.165, 1.54) is 0 Å². The predicted octanol–water partition coefficient (Wildman–Crippen LogP) is 3.75. The summed E-state index contributed by atoms with van der Waals surface area (Å²) in [5, 5.41) is 2.87. The van der Waals surface area contributed by atoms with Gasteiger partial charge >= 0.3 is 32.5 Å². The van der Waals surface area contributed by atoms with Gasteiger partial charge in [0, 0.05) is 73.1 Å². The standard InChI is InChI=1S/C29H65NO14Si3/c1-11-36-45(37-12-2,38-13-3)29(46(39-14-4,40-15-5)41-16-6,47(42-17-7,43-18-8)44-19-9)20-21-30-28(31)35-27-26-34-25-24-33-23-22-32-10/h11-27H2,1-10H3,(H,30,31). The molecule has 282 valence electrons. The van der Waals surface area contributed by atoms with Crippen molar-refractivity contribution < 1.29 is 63.6 Å². The van der Waals surface area contributed by atoms with Crippen molar-refractivity contribution in [3.05, 3.63) is 0 Å². The molecule has 0 aliphatic rings. The molecule has 1 amide bonds. The molecule has 0 unspecified atom stereocenters. The molecular weight excluding hydrogens is 671 g/mol. The maximum atomic E-state index is 12.9. The second-order valence-electron chi connectivity index (χ2n) is 9.50. The number of carbonyl (C=O) groups is 1. The summed E-state index contributed by atoms with van der Waals surface area (Å²) in [5.41, 5.74) is 0. The summed E-state index contributed by atoms with van der Waals surface area (Å²) >= 11 is 0. The Morgan fingerprint density at radius 2 is 0.787 bits per heavy atom. The minimum atomic E-state index is -4.05. The molecule has 0 bridgehead atoms. The first kappa shape index (κ1) is 46.4. The number of carbonyl (C=O) groups excluding carboxylic acids is 1. The molecule has 18 heteroatoms. The van der Waals surface area contributed by atoms with E-state index in [1.54, 1.807) is 7.11 Å². The minimum absolute atomic E-state index is 0.0512. The summed E-state index contributed by atoms with van der Waals surface area (Å²) in [4.78, 5) is 12.9. The third kappa shape index (κ3) is 13.3. The number of alkyl carbamates (subject to hydrolysis) is 1. The summed E-state index contributed by atoms with van der Waals surface area (Å²) in [6.45, 7) is 21.1. The largest absolute Gasteiger partial charge is 0.516 e. The molecule has 0 rings (SSSR count). The molecule has 0 saturated heterocycles. The van der Waals surface area contributed by atoms with Crippen molar-refractivity contribution in [3.8, 4) is 0 Å². The highest BCUT2D eigenvalue weighted by molar-refractivity contribution is 7.02. The Morgan fingerprint density at radius 3 is 1.09 bits per heavy atom. The Bertz CT molecular complexity index is 658. The SMILES string of the molecule is CCO[Si](OCC)(OCC)C(CCNC(=O)OCCOCCOCCOC)([Si](OCC)(OCC)OCC)[Si](OCC)(OCC)OCC. The van der Waals surface area contributed by atoms with Gasteiger partial charge in [-0.2, -0.15) is 0 Å². The van der Waals surface area contributed by atoms with E-state index in [1.807, 2.05) is 62.3 Å². The summed E-state index contributed by atoms with van der Waals surface area (Å²) in [7, 11) is -10.5. The fourth-order valence-electron chi connectivity index (χ4n) is 5.28. The maximum absolute atomic E-state index is 12.9. The Morgan fingerprint density at radius 1 is 0.489 bits per heavy atom. The molecule has 0 atom stereocenters. The van der Waals surface area contributed by atoms with Gasteiger partial charge in [0.15, 0.2) is 4.28 Å². The van der Waals surface area contributed by atoms with Crippen LogP contribution in [0.25, 0.3) is 0 Å². The van der Waals surface area contributed by atoms with Crippen LogP contribution in [0.1, 0.15) is 68.7 Å². The first-order valence-corrected chi connectivity index (χ1v) is 22.2. The molecule has 0 aromatic carbocycles. The van der Waals surface area contributed by atoms with Gasteiger partial charge in [-0.05, 0) is 68.7 Å². The van der Waals surface area contributed by atoms with Crippen LogP contribution in [-0.4, -0.2) is 145 Å².